The van der Waals surface area contributed by atoms with Crippen molar-refractivity contribution in [3.05, 3.63) is 29.6 Å². The topological polar surface area (TPSA) is 78.0 Å². The van der Waals surface area contributed by atoms with E-state index < -0.39 is 23.5 Å². The quantitative estimate of drug-likeness (QED) is 0.778. The van der Waals surface area contributed by atoms with Crippen molar-refractivity contribution in [3.8, 4) is 0 Å². The van der Waals surface area contributed by atoms with Crippen LogP contribution in [0.15, 0.2) is 18.3 Å². The van der Waals surface area contributed by atoms with E-state index in [0.29, 0.717) is 39.3 Å². The summed E-state index contributed by atoms with van der Waals surface area (Å²) in [6.07, 6.45) is -2.61. The van der Waals surface area contributed by atoms with Crippen molar-refractivity contribution in [1.82, 2.24) is 25.0 Å². The lowest BCUT2D eigenvalue weighted by Crippen LogP contribution is -2.73. The molecule has 0 unspecified atom stereocenters. The van der Waals surface area contributed by atoms with E-state index in [0.717, 1.165) is 31.1 Å². The number of alkyl halides is 3. The van der Waals surface area contributed by atoms with Crippen LogP contribution in [-0.2, 0) is 17.5 Å². The number of likely N-dealkylation sites (tertiary alicyclic amines) is 3. The lowest BCUT2D eigenvalue weighted by atomic mass is 9.79. The highest BCUT2D eigenvalue weighted by Gasteiger charge is 2.55. The number of urea groups is 1. The van der Waals surface area contributed by atoms with Gasteiger partial charge < -0.3 is 19.9 Å². The first-order valence-electron chi connectivity index (χ1n) is 9.89. The Morgan fingerprint density at radius 3 is 2.50 bits per heavy atom. The van der Waals surface area contributed by atoms with Crippen LogP contribution in [0.25, 0.3) is 0 Å². The molecule has 0 saturated carbocycles. The first kappa shape index (κ1) is 19.4. The summed E-state index contributed by atoms with van der Waals surface area (Å²) >= 11 is 0. The van der Waals surface area contributed by atoms with E-state index in [2.05, 4.69) is 15.2 Å². The molecule has 5 rings (SSSR count). The first-order valence-corrected chi connectivity index (χ1v) is 9.89. The van der Waals surface area contributed by atoms with Crippen LogP contribution in [0.1, 0.15) is 17.7 Å². The SMILES string of the molecule is O=C1NC2(CO1)CN(C(=O)N1CC3(CCN(Cc4ccc(C(F)(F)F)nc4)C3)C1)C2. The number of cyclic esters (lactones) is 1. The van der Waals surface area contributed by atoms with E-state index in [1.807, 2.05) is 4.90 Å². The summed E-state index contributed by atoms with van der Waals surface area (Å²) in [7, 11) is 0. The van der Waals surface area contributed by atoms with Crippen molar-refractivity contribution < 1.29 is 27.5 Å². The molecule has 2 spiro atoms. The van der Waals surface area contributed by atoms with Gasteiger partial charge in [-0.1, -0.05) is 6.07 Å². The number of halogens is 3. The Hall–Kier alpha value is -2.56. The molecule has 1 aromatic rings. The van der Waals surface area contributed by atoms with Crippen LogP contribution in [-0.4, -0.2) is 83.2 Å². The first-order chi connectivity index (χ1) is 14.2. The molecule has 5 heterocycles. The van der Waals surface area contributed by atoms with Gasteiger partial charge in [0.15, 0.2) is 0 Å². The van der Waals surface area contributed by atoms with Crippen LogP contribution >= 0.6 is 0 Å². The van der Waals surface area contributed by atoms with Crippen LogP contribution in [0, 0.1) is 5.41 Å². The molecule has 8 nitrogen and oxygen atoms in total. The second-order valence-electron chi connectivity index (χ2n) is 8.99. The molecule has 4 aliphatic heterocycles. The summed E-state index contributed by atoms with van der Waals surface area (Å²) in [4.78, 5) is 33.1. The molecule has 30 heavy (non-hydrogen) atoms. The van der Waals surface area contributed by atoms with E-state index in [9.17, 15) is 22.8 Å². The van der Waals surface area contributed by atoms with E-state index in [-0.39, 0.29) is 11.4 Å². The Kier molecular flexibility index (Phi) is 4.18. The fourth-order valence-electron chi connectivity index (χ4n) is 4.95. The van der Waals surface area contributed by atoms with Crippen LogP contribution in [0.5, 0.6) is 0 Å². The van der Waals surface area contributed by atoms with Gasteiger partial charge in [-0.25, -0.2) is 9.59 Å². The minimum absolute atomic E-state index is 0.0159. The maximum absolute atomic E-state index is 12.6. The third-order valence-electron chi connectivity index (χ3n) is 6.47. The van der Waals surface area contributed by atoms with E-state index >= 15 is 0 Å². The van der Waals surface area contributed by atoms with Gasteiger partial charge in [0.05, 0.1) is 13.1 Å². The Morgan fingerprint density at radius 2 is 1.90 bits per heavy atom. The molecule has 11 heteroatoms. The molecule has 4 fully saturated rings. The van der Waals surface area contributed by atoms with Crippen molar-refractivity contribution in [3.63, 3.8) is 0 Å². The largest absolute Gasteiger partial charge is 0.447 e. The molecular formula is C19H22F3N5O3. The van der Waals surface area contributed by atoms with Crippen molar-refractivity contribution in [2.75, 3.05) is 45.9 Å². The van der Waals surface area contributed by atoms with E-state index in [1.54, 1.807) is 4.90 Å². The summed E-state index contributed by atoms with van der Waals surface area (Å²) in [5, 5.41) is 2.77. The zero-order valence-corrected chi connectivity index (χ0v) is 16.2. The second kappa shape index (κ2) is 6.47. The maximum atomic E-state index is 12.6. The third kappa shape index (κ3) is 3.34. The molecule has 1 N–H and O–H groups in total. The molecule has 1 aromatic heterocycles. The number of carbonyl (C=O) groups is 2. The van der Waals surface area contributed by atoms with Crippen LogP contribution in [0.2, 0.25) is 0 Å². The highest BCUT2D eigenvalue weighted by Crippen LogP contribution is 2.41. The maximum Gasteiger partial charge on any atom is 0.433 e. The number of alkyl carbamates (subject to hydrolysis) is 1. The summed E-state index contributed by atoms with van der Waals surface area (Å²) in [6.45, 7) is 4.80. The van der Waals surface area contributed by atoms with E-state index in [1.165, 1.54) is 12.3 Å². The smallest absolute Gasteiger partial charge is 0.433 e. The Balaban J connectivity index is 1.10. The summed E-state index contributed by atoms with van der Waals surface area (Å²) < 4.78 is 42.8. The number of hydrogen-bond donors (Lipinski definition) is 1. The fraction of sp³-hybridized carbons (Fsp3) is 0.632. The van der Waals surface area contributed by atoms with Gasteiger partial charge in [-0.15, -0.1) is 0 Å². The van der Waals surface area contributed by atoms with Gasteiger partial charge in [0.25, 0.3) is 0 Å². The molecule has 4 saturated heterocycles. The van der Waals surface area contributed by atoms with E-state index in [4.69, 9.17) is 4.74 Å². The van der Waals surface area contributed by atoms with Gasteiger partial charge in [-0.3, -0.25) is 9.88 Å². The number of aromatic nitrogens is 1. The minimum Gasteiger partial charge on any atom is -0.447 e. The van der Waals surface area contributed by atoms with Crippen LogP contribution < -0.4 is 5.32 Å². The molecule has 162 valence electrons. The number of nitrogens with zero attached hydrogens (tertiary/aromatic N) is 4. The van der Waals surface area contributed by atoms with Gasteiger partial charge >= 0.3 is 18.3 Å². The molecule has 0 radical (unpaired) electrons. The van der Waals surface area contributed by atoms with Gasteiger partial charge in [0.2, 0.25) is 0 Å². The summed E-state index contributed by atoms with van der Waals surface area (Å²) in [5.41, 5.74) is -0.495. The van der Waals surface area contributed by atoms with Crippen molar-refractivity contribution in [2.24, 2.45) is 5.41 Å². The highest BCUT2D eigenvalue weighted by molar-refractivity contribution is 5.78. The minimum atomic E-state index is -4.43. The Morgan fingerprint density at radius 1 is 1.17 bits per heavy atom. The molecular weight excluding hydrogens is 403 g/mol. The van der Waals surface area contributed by atoms with Crippen molar-refractivity contribution in [1.29, 1.82) is 0 Å². The lowest BCUT2D eigenvalue weighted by molar-refractivity contribution is -0.141. The Bertz CT molecular complexity index is 863. The Labute approximate surface area is 170 Å². The number of carbonyl (C=O) groups excluding carboxylic acids is 2. The highest BCUT2D eigenvalue weighted by atomic mass is 19.4. The number of pyridine rings is 1. The number of rotatable bonds is 2. The molecule has 0 aliphatic carbocycles. The molecule has 3 amide bonds. The normalized spacial score (nSPS) is 24.6. The zero-order valence-electron chi connectivity index (χ0n) is 16.2. The zero-order chi connectivity index (χ0) is 21.1. The molecule has 0 bridgehead atoms. The predicted octanol–water partition coefficient (Wildman–Crippen LogP) is 1.52. The van der Waals surface area contributed by atoms with Crippen LogP contribution in [0.3, 0.4) is 0 Å². The standard InChI is InChI=1S/C19H22F3N5O3/c20-19(21,22)14-2-1-13(5-23-14)6-25-4-3-17(7-25)8-26(9-17)16(29)27-10-18(11-27)12-30-15(28)24-18/h1-2,5H,3-4,6-12H2,(H,24,28). The predicted molar refractivity (Wildman–Crippen MR) is 97.3 cm³/mol. The average Bonchev–Trinajstić information content (AvgIpc) is 3.22. The molecule has 0 aromatic carbocycles. The second-order valence-corrected chi connectivity index (χ2v) is 8.99. The van der Waals surface area contributed by atoms with Crippen LogP contribution in [0.4, 0.5) is 22.8 Å². The van der Waals surface area contributed by atoms with Gasteiger partial charge in [-0.2, -0.15) is 13.2 Å². The summed E-state index contributed by atoms with van der Waals surface area (Å²) in [5.74, 6) is 0. The number of ether oxygens (including phenoxy) is 1. The number of nitrogens with one attached hydrogen (secondary N) is 1. The van der Waals surface area contributed by atoms with Crippen molar-refractivity contribution >= 4 is 12.1 Å². The van der Waals surface area contributed by atoms with Gasteiger partial charge in [0, 0.05) is 37.8 Å². The average molecular weight is 425 g/mol. The number of amides is 3. The van der Waals surface area contributed by atoms with Crippen molar-refractivity contribution in [2.45, 2.75) is 24.7 Å². The van der Waals surface area contributed by atoms with Gasteiger partial charge in [0.1, 0.15) is 17.8 Å². The molecule has 0 atom stereocenters. The summed E-state index contributed by atoms with van der Waals surface area (Å²) in [6, 6.07) is 2.48. The molecule has 4 aliphatic rings. The number of hydrogen-bond acceptors (Lipinski definition) is 5. The van der Waals surface area contributed by atoms with Gasteiger partial charge in [-0.05, 0) is 24.6 Å². The fourth-order valence-corrected chi connectivity index (χ4v) is 4.95. The third-order valence-corrected chi connectivity index (χ3v) is 6.47. The lowest BCUT2D eigenvalue weighted by Gasteiger charge is -2.53. The monoisotopic (exact) mass is 425 g/mol.